The third-order valence-corrected chi connectivity index (χ3v) is 8.69. The molecule has 1 aliphatic rings. The van der Waals surface area contributed by atoms with Crippen LogP contribution in [0.3, 0.4) is 0 Å². The number of benzene rings is 2. The molecule has 15 heteroatoms. The molecule has 2 N–H and O–H groups in total. The smallest absolute Gasteiger partial charge is 0.258 e. The first kappa shape index (κ1) is 29.4. The van der Waals surface area contributed by atoms with Crippen molar-refractivity contribution in [1.29, 1.82) is 0 Å². The van der Waals surface area contributed by atoms with E-state index in [0.29, 0.717) is 10.7 Å². The largest absolute Gasteiger partial charge is 0.488 e. The highest BCUT2D eigenvalue weighted by Gasteiger charge is 2.35. The lowest BCUT2D eigenvalue weighted by molar-refractivity contribution is -0.116. The van der Waals surface area contributed by atoms with Gasteiger partial charge in [0.05, 0.1) is 29.7 Å². The fraction of sp³-hybridized carbons (Fsp3) is 0.400. The fourth-order valence-corrected chi connectivity index (χ4v) is 5.57. The summed E-state index contributed by atoms with van der Waals surface area (Å²) >= 11 is 5.92. The van der Waals surface area contributed by atoms with Crippen LogP contribution in [0.15, 0.2) is 53.7 Å². The number of anilines is 1. The Bertz CT molecular complexity index is 1450. The Balaban J connectivity index is 1.62. The van der Waals surface area contributed by atoms with Gasteiger partial charge in [-0.15, -0.1) is 5.10 Å². The molecule has 214 valence electrons. The molecule has 40 heavy (non-hydrogen) atoms. The Hall–Kier alpha value is -3.59. The Labute approximate surface area is 236 Å². The zero-order valence-corrected chi connectivity index (χ0v) is 23.7. The molecule has 13 nitrogen and oxygen atoms in total. The number of fused-ring (bicyclic) bond motifs is 1. The summed E-state index contributed by atoms with van der Waals surface area (Å²) in [5.74, 6) is -0.870. The number of hydrogen-bond donors (Lipinski definition) is 2. The van der Waals surface area contributed by atoms with E-state index in [1.54, 1.807) is 19.1 Å². The van der Waals surface area contributed by atoms with Crippen LogP contribution in [0, 0.1) is 5.92 Å². The van der Waals surface area contributed by atoms with E-state index in [0.717, 1.165) is 0 Å². The van der Waals surface area contributed by atoms with Crippen LogP contribution in [-0.4, -0.2) is 93.6 Å². The van der Waals surface area contributed by atoms with Crippen LogP contribution < -0.4 is 10.1 Å². The summed E-state index contributed by atoms with van der Waals surface area (Å²) in [4.78, 5) is 27.7. The van der Waals surface area contributed by atoms with Crippen LogP contribution >= 0.6 is 11.6 Å². The zero-order chi connectivity index (χ0) is 29.0. The van der Waals surface area contributed by atoms with Crippen molar-refractivity contribution in [2.24, 2.45) is 5.92 Å². The molecule has 4 rings (SSSR count). The van der Waals surface area contributed by atoms with Crippen molar-refractivity contribution < 1.29 is 27.9 Å². The van der Waals surface area contributed by atoms with Crippen LogP contribution in [0.4, 0.5) is 5.69 Å². The van der Waals surface area contributed by atoms with Gasteiger partial charge in [0.1, 0.15) is 24.7 Å². The van der Waals surface area contributed by atoms with Crippen molar-refractivity contribution in [2.45, 2.75) is 37.4 Å². The SMILES string of the molecule is C[C@H]1CN([C@@H](C)CO)C(=O)c2cc(NC(=O)Cn3cnnn3)ccc2O[C@@H]1CN(C)S(=O)(=O)c1ccc(Cl)cc1. The van der Waals surface area contributed by atoms with Crippen LogP contribution in [0.2, 0.25) is 5.02 Å². The van der Waals surface area contributed by atoms with Gasteiger partial charge in [-0.1, -0.05) is 18.5 Å². The summed E-state index contributed by atoms with van der Waals surface area (Å²) in [6.07, 6.45) is 0.657. The van der Waals surface area contributed by atoms with Crippen LogP contribution in [-0.2, 0) is 21.4 Å². The second kappa shape index (κ2) is 12.3. The fourth-order valence-electron chi connectivity index (χ4n) is 4.26. The Kier molecular flexibility index (Phi) is 9.03. The van der Waals surface area contributed by atoms with E-state index >= 15 is 0 Å². The van der Waals surface area contributed by atoms with Gasteiger partial charge in [-0.05, 0) is 59.8 Å². The quantitative estimate of drug-likeness (QED) is 0.376. The number of halogens is 1. The van der Waals surface area contributed by atoms with E-state index in [1.807, 2.05) is 6.92 Å². The third-order valence-electron chi connectivity index (χ3n) is 6.60. The minimum atomic E-state index is -3.85. The Morgan fingerprint density at radius 3 is 2.65 bits per heavy atom. The molecule has 0 saturated heterocycles. The number of nitrogens with one attached hydrogen (secondary N) is 1. The van der Waals surface area contributed by atoms with Crippen LogP contribution in [0.5, 0.6) is 5.75 Å². The lowest BCUT2D eigenvalue weighted by atomic mass is 9.99. The summed E-state index contributed by atoms with van der Waals surface area (Å²) in [7, 11) is -2.39. The van der Waals surface area contributed by atoms with Crippen molar-refractivity contribution in [1.82, 2.24) is 29.4 Å². The highest BCUT2D eigenvalue weighted by molar-refractivity contribution is 7.89. The average Bonchev–Trinajstić information content (AvgIpc) is 3.43. The highest BCUT2D eigenvalue weighted by atomic mass is 35.5. The number of sulfonamides is 1. The maximum Gasteiger partial charge on any atom is 0.258 e. The van der Waals surface area contributed by atoms with Gasteiger partial charge in [-0.25, -0.2) is 13.1 Å². The highest BCUT2D eigenvalue weighted by Crippen LogP contribution is 2.31. The third kappa shape index (κ3) is 6.58. The van der Waals surface area contributed by atoms with E-state index in [1.165, 1.54) is 57.6 Å². The summed E-state index contributed by atoms with van der Waals surface area (Å²) in [5, 5.41) is 23.6. The molecule has 3 atom stereocenters. The Morgan fingerprint density at radius 2 is 2.00 bits per heavy atom. The topological polar surface area (TPSA) is 160 Å². The molecule has 0 spiro atoms. The van der Waals surface area contributed by atoms with Gasteiger partial charge in [0, 0.05) is 30.2 Å². The van der Waals surface area contributed by atoms with Crippen molar-refractivity contribution in [3.63, 3.8) is 0 Å². The summed E-state index contributed by atoms with van der Waals surface area (Å²) in [5.41, 5.74) is 0.513. The first-order valence-electron chi connectivity index (χ1n) is 12.4. The second-order valence-corrected chi connectivity index (χ2v) is 12.1. The number of likely N-dealkylation sites (N-methyl/N-ethyl adjacent to an activating group) is 1. The molecule has 0 saturated carbocycles. The number of ether oxygens (including phenoxy) is 1. The minimum Gasteiger partial charge on any atom is -0.488 e. The number of tetrazole rings is 1. The van der Waals surface area contributed by atoms with Gasteiger partial charge in [-0.2, -0.15) is 4.31 Å². The molecule has 1 aromatic heterocycles. The van der Waals surface area contributed by atoms with E-state index in [-0.39, 0.29) is 54.3 Å². The van der Waals surface area contributed by atoms with Crippen molar-refractivity contribution in [2.75, 3.05) is 32.1 Å². The first-order valence-corrected chi connectivity index (χ1v) is 14.3. The van der Waals surface area contributed by atoms with Crippen LogP contribution in [0.1, 0.15) is 24.2 Å². The monoisotopic (exact) mass is 591 g/mol. The van der Waals surface area contributed by atoms with Gasteiger partial charge in [0.15, 0.2) is 0 Å². The van der Waals surface area contributed by atoms with E-state index in [2.05, 4.69) is 20.8 Å². The molecule has 2 amide bonds. The summed E-state index contributed by atoms with van der Waals surface area (Å²) < 4.78 is 35.2. The number of hydrogen-bond acceptors (Lipinski definition) is 9. The van der Waals surface area contributed by atoms with E-state index < -0.39 is 28.1 Å². The second-order valence-electron chi connectivity index (χ2n) is 9.63. The molecule has 2 heterocycles. The molecule has 0 radical (unpaired) electrons. The first-order chi connectivity index (χ1) is 19.0. The van der Waals surface area contributed by atoms with Crippen LogP contribution in [0.25, 0.3) is 0 Å². The molecule has 0 aliphatic carbocycles. The molecular weight excluding hydrogens is 562 g/mol. The predicted octanol–water partition coefficient (Wildman–Crippen LogP) is 1.51. The average molecular weight is 592 g/mol. The number of aliphatic hydroxyl groups is 1. The van der Waals surface area contributed by atoms with Gasteiger partial charge in [-0.3, -0.25) is 9.59 Å². The number of aliphatic hydroxyl groups excluding tert-OH is 1. The van der Waals surface area contributed by atoms with Crippen molar-refractivity contribution >= 4 is 39.1 Å². The normalized spacial score (nSPS) is 18.4. The van der Waals surface area contributed by atoms with Crippen molar-refractivity contribution in [3.05, 3.63) is 59.4 Å². The number of carbonyl (C=O) groups is 2. The number of amides is 2. The number of rotatable bonds is 9. The lowest BCUT2D eigenvalue weighted by Gasteiger charge is -2.38. The summed E-state index contributed by atoms with van der Waals surface area (Å²) in [6.45, 7) is 3.37. The number of aromatic nitrogens is 4. The molecule has 3 aromatic rings. The predicted molar refractivity (Wildman–Crippen MR) is 145 cm³/mol. The molecule has 2 aromatic carbocycles. The molecule has 0 fully saturated rings. The number of carbonyl (C=O) groups excluding carboxylic acids is 2. The molecule has 0 bridgehead atoms. The lowest BCUT2D eigenvalue weighted by Crippen LogP contribution is -2.50. The van der Waals surface area contributed by atoms with E-state index in [4.69, 9.17) is 16.3 Å². The van der Waals surface area contributed by atoms with Gasteiger partial charge < -0.3 is 20.1 Å². The maximum atomic E-state index is 13.6. The van der Waals surface area contributed by atoms with Gasteiger partial charge >= 0.3 is 0 Å². The molecular formula is C25H30ClN7O6S. The zero-order valence-electron chi connectivity index (χ0n) is 22.1. The molecule has 0 unspecified atom stereocenters. The maximum absolute atomic E-state index is 13.6. The van der Waals surface area contributed by atoms with Crippen molar-refractivity contribution in [3.8, 4) is 5.75 Å². The Morgan fingerprint density at radius 1 is 1.27 bits per heavy atom. The molecule has 1 aliphatic heterocycles. The number of nitrogens with zero attached hydrogens (tertiary/aromatic N) is 6. The minimum absolute atomic E-state index is 0.00840. The summed E-state index contributed by atoms with van der Waals surface area (Å²) in [6, 6.07) is 10.00. The van der Waals surface area contributed by atoms with Gasteiger partial charge in [0.2, 0.25) is 15.9 Å². The van der Waals surface area contributed by atoms with E-state index in [9.17, 15) is 23.1 Å². The standard InChI is InChI=1S/C25H30ClN7O6S/c1-16-11-33(17(2)14-34)25(36)21-10-19(28-24(35)13-32-15-27-29-30-32)6-9-22(21)39-23(16)12-31(3)40(37,38)20-7-4-18(26)5-8-20/h4-10,15-17,23,34H,11-14H2,1-3H3,(H,28,35)/t16-,17-,23+/m0/s1. The van der Waals surface area contributed by atoms with Gasteiger partial charge in [0.25, 0.3) is 5.91 Å².